The molecule has 4 nitrogen and oxygen atoms in total. The van der Waals surface area contributed by atoms with Gasteiger partial charge >= 0.3 is 12.4 Å². The monoisotopic (exact) mass is 510 g/mol. The number of amides is 1. The van der Waals surface area contributed by atoms with Gasteiger partial charge in [0.15, 0.2) is 0 Å². The molecule has 33 heavy (non-hydrogen) atoms. The van der Waals surface area contributed by atoms with Crippen LogP contribution < -0.4 is 5.32 Å². The van der Waals surface area contributed by atoms with Crippen LogP contribution in [0.5, 0.6) is 0 Å². The fourth-order valence-corrected chi connectivity index (χ4v) is 4.25. The Bertz CT molecular complexity index is 1080. The number of nitrogens with zero attached hydrogens (tertiary/aromatic N) is 1. The van der Waals surface area contributed by atoms with Crippen molar-refractivity contribution in [1.82, 2.24) is 5.32 Å². The summed E-state index contributed by atoms with van der Waals surface area (Å²) in [5, 5.41) is 1.67. The predicted molar refractivity (Wildman–Crippen MR) is 114 cm³/mol. The molecule has 0 spiro atoms. The lowest BCUT2D eigenvalue weighted by molar-refractivity contribution is -0.143. The Hall–Kier alpha value is -2.40. The zero-order valence-electron chi connectivity index (χ0n) is 17.1. The van der Waals surface area contributed by atoms with Crippen LogP contribution in [0.25, 0.3) is 0 Å². The van der Waals surface area contributed by atoms with E-state index in [0.717, 1.165) is 17.8 Å². The van der Waals surface area contributed by atoms with E-state index in [4.69, 9.17) is 16.3 Å². The fraction of sp³-hybridized carbons (Fsp3) is 0.333. The van der Waals surface area contributed by atoms with Gasteiger partial charge in [0.1, 0.15) is 18.2 Å². The average Bonchev–Trinajstić information content (AvgIpc) is 3.08. The molecule has 12 heteroatoms. The first-order chi connectivity index (χ1) is 15.3. The van der Waals surface area contributed by atoms with E-state index in [1.54, 1.807) is 19.1 Å². The first-order valence-electron chi connectivity index (χ1n) is 9.45. The molecule has 1 N–H and O–H groups in total. The van der Waals surface area contributed by atoms with Crippen molar-refractivity contribution in [3.63, 3.8) is 0 Å². The van der Waals surface area contributed by atoms with Gasteiger partial charge in [-0.3, -0.25) is 9.79 Å². The van der Waals surface area contributed by atoms with E-state index in [0.29, 0.717) is 22.4 Å². The van der Waals surface area contributed by atoms with Gasteiger partial charge < -0.3 is 10.1 Å². The maximum atomic E-state index is 13.3. The minimum atomic E-state index is -4.98. The highest BCUT2D eigenvalue weighted by atomic mass is 35.5. The van der Waals surface area contributed by atoms with Crippen LogP contribution in [0.4, 0.5) is 31.1 Å². The molecular formula is C21H17ClF6N2O2S. The van der Waals surface area contributed by atoms with Crippen molar-refractivity contribution >= 4 is 34.4 Å². The molecule has 1 aromatic rings. The second-order valence-corrected chi connectivity index (χ2v) is 8.66. The molecule has 0 bridgehead atoms. The highest BCUT2D eigenvalue weighted by Gasteiger charge is 2.38. The van der Waals surface area contributed by atoms with E-state index in [9.17, 15) is 31.1 Å². The largest absolute Gasteiger partial charge is 0.493 e. The Kier molecular flexibility index (Phi) is 7.23. The maximum Gasteiger partial charge on any atom is 0.416 e. The van der Waals surface area contributed by atoms with Gasteiger partial charge in [0.25, 0.3) is 5.24 Å². The van der Waals surface area contributed by atoms with Crippen molar-refractivity contribution in [2.45, 2.75) is 31.3 Å². The van der Waals surface area contributed by atoms with E-state index in [-0.39, 0.29) is 17.1 Å². The summed E-state index contributed by atoms with van der Waals surface area (Å²) in [5.74, 6) is 0.225. The molecule has 0 aromatic heterocycles. The SMILES string of the molecule is CN=C1NC(=O)S/C1=C\C1=CC=C(OCc2ccc(C(F)(F)F)cc2C(F)(F)F)C(C)C1Cl. The normalized spacial score (nSPS) is 24.1. The van der Waals surface area contributed by atoms with Crippen molar-refractivity contribution in [1.29, 1.82) is 0 Å². The molecule has 1 aliphatic heterocycles. The van der Waals surface area contributed by atoms with Gasteiger partial charge in [-0.15, -0.1) is 11.6 Å². The summed E-state index contributed by atoms with van der Waals surface area (Å²) < 4.78 is 84.1. The molecule has 1 saturated heterocycles. The van der Waals surface area contributed by atoms with Crippen LogP contribution in [-0.4, -0.2) is 23.5 Å². The lowest BCUT2D eigenvalue weighted by Crippen LogP contribution is -2.22. The van der Waals surface area contributed by atoms with Gasteiger partial charge in [0.05, 0.1) is 21.4 Å². The van der Waals surface area contributed by atoms with Gasteiger partial charge in [-0.25, -0.2) is 0 Å². The van der Waals surface area contributed by atoms with Crippen LogP contribution >= 0.6 is 23.4 Å². The average molecular weight is 511 g/mol. The molecule has 1 amide bonds. The van der Waals surface area contributed by atoms with Crippen LogP contribution in [0.2, 0.25) is 0 Å². The van der Waals surface area contributed by atoms with Crippen molar-refractivity contribution in [2.24, 2.45) is 10.9 Å². The summed E-state index contributed by atoms with van der Waals surface area (Å²) in [6.07, 6.45) is -5.06. The maximum absolute atomic E-state index is 13.3. The number of aliphatic imine (C=N–C) groups is 1. The summed E-state index contributed by atoms with van der Waals surface area (Å²) in [6.45, 7) is 1.12. The second-order valence-electron chi connectivity index (χ2n) is 7.18. The topological polar surface area (TPSA) is 50.7 Å². The van der Waals surface area contributed by atoms with Crippen LogP contribution in [-0.2, 0) is 23.7 Å². The zero-order chi connectivity index (χ0) is 24.6. The van der Waals surface area contributed by atoms with Crippen molar-refractivity contribution in [3.05, 3.63) is 69.4 Å². The number of hydrogen-bond acceptors (Lipinski definition) is 4. The summed E-state index contributed by atoms with van der Waals surface area (Å²) >= 11 is 7.45. The van der Waals surface area contributed by atoms with E-state index in [2.05, 4.69) is 10.3 Å². The molecule has 3 rings (SSSR count). The molecule has 1 aromatic carbocycles. The lowest BCUT2D eigenvalue weighted by Gasteiger charge is -2.26. The second kappa shape index (κ2) is 9.46. The van der Waals surface area contributed by atoms with E-state index >= 15 is 0 Å². The quantitative estimate of drug-likeness (QED) is 0.363. The number of carbonyl (C=O) groups is 1. The first kappa shape index (κ1) is 25.2. The number of ether oxygens (including phenoxy) is 1. The predicted octanol–water partition coefficient (Wildman–Crippen LogP) is 6.68. The number of thioether (sulfide) groups is 1. The Morgan fingerprint density at radius 1 is 1.18 bits per heavy atom. The van der Waals surface area contributed by atoms with E-state index in [1.807, 2.05) is 0 Å². The molecule has 1 fully saturated rings. The standard InChI is InChI=1S/C21H17ClF6N2O2S/c1-10-15(6-4-11(17(10)22)7-16-18(29-2)30-19(31)33-16)32-9-12-3-5-13(20(23,24)25)8-14(12)21(26,27)28/h3-8,10,17H,9H2,1-2H3,(H,29,30,31)/b16-7-. The van der Waals surface area contributed by atoms with Gasteiger partial charge in [-0.05, 0) is 41.6 Å². The van der Waals surface area contributed by atoms with Crippen molar-refractivity contribution < 1.29 is 35.9 Å². The highest BCUT2D eigenvalue weighted by Crippen LogP contribution is 2.39. The molecule has 2 atom stereocenters. The molecule has 0 saturated carbocycles. The number of nitrogens with one attached hydrogen (secondary N) is 1. The molecule has 0 radical (unpaired) electrons. The lowest BCUT2D eigenvalue weighted by atomic mass is 9.93. The Morgan fingerprint density at radius 3 is 2.48 bits per heavy atom. The van der Waals surface area contributed by atoms with E-state index in [1.165, 1.54) is 13.1 Å². The van der Waals surface area contributed by atoms with Gasteiger partial charge in [-0.2, -0.15) is 26.3 Å². The number of carbonyl (C=O) groups excluding carboxylic acids is 1. The number of alkyl halides is 7. The number of halogens is 7. The van der Waals surface area contributed by atoms with Crippen LogP contribution in [0.15, 0.2) is 57.7 Å². The third-order valence-electron chi connectivity index (χ3n) is 4.96. The molecular weight excluding hydrogens is 494 g/mol. The smallest absolute Gasteiger partial charge is 0.416 e. The molecule has 1 aliphatic carbocycles. The zero-order valence-corrected chi connectivity index (χ0v) is 18.7. The van der Waals surface area contributed by atoms with Gasteiger partial charge in [0.2, 0.25) is 0 Å². The van der Waals surface area contributed by atoms with Crippen LogP contribution in [0.1, 0.15) is 23.6 Å². The summed E-state index contributed by atoms with van der Waals surface area (Å²) in [5.41, 5.74) is -2.59. The number of amidine groups is 1. The van der Waals surface area contributed by atoms with Crippen molar-refractivity contribution in [3.8, 4) is 0 Å². The Labute approximate surface area is 194 Å². The third-order valence-corrected chi connectivity index (χ3v) is 6.41. The minimum Gasteiger partial charge on any atom is -0.493 e. The minimum absolute atomic E-state index is 0.0768. The number of rotatable bonds is 4. The van der Waals surface area contributed by atoms with Crippen molar-refractivity contribution in [2.75, 3.05) is 7.05 Å². The number of hydrogen-bond donors (Lipinski definition) is 1. The highest BCUT2D eigenvalue weighted by molar-refractivity contribution is 8.18. The Balaban J connectivity index is 1.83. The molecule has 2 unspecified atom stereocenters. The van der Waals surface area contributed by atoms with Crippen LogP contribution in [0, 0.1) is 5.92 Å². The van der Waals surface area contributed by atoms with Gasteiger partial charge in [0, 0.05) is 18.5 Å². The molecule has 178 valence electrons. The van der Waals surface area contributed by atoms with Crippen LogP contribution in [0.3, 0.4) is 0 Å². The number of benzene rings is 1. The summed E-state index contributed by atoms with van der Waals surface area (Å²) in [6, 6.07) is 1.42. The fourth-order valence-electron chi connectivity index (χ4n) is 3.21. The van der Waals surface area contributed by atoms with E-state index < -0.39 is 46.9 Å². The molecule has 1 heterocycles. The Morgan fingerprint density at radius 2 is 1.88 bits per heavy atom. The first-order valence-corrected chi connectivity index (χ1v) is 10.7. The summed E-state index contributed by atoms with van der Waals surface area (Å²) in [7, 11) is 1.52. The number of allylic oxidation sites excluding steroid dienone is 5. The molecule has 2 aliphatic rings. The summed E-state index contributed by atoms with van der Waals surface area (Å²) in [4.78, 5) is 16.1. The third kappa shape index (κ3) is 5.75. The van der Waals surface area contributed by atoms with Gasteiger partial charge in [-0.1, -0.05) is 19.1 Å².